The number of para-hydroxylation sites is 1. The number of fused-ring (bicyclic) bond motifs is 1. The highest BCUT2D eigenvalue weighted by atomic mass is 32.1. The highest BCUT2D eigenvalue weighted by Crippen LogP contribution is 2.38. The molecule has 1 aliphatic carbocycles. The molecule has 1 aromatic carbocycles. The highest BCUT2D eigenvalue weighted by Gasteiger charge is 2.26. The predicted octanol–water partition coefficient (Wildman–Crippen LogP) is 4.15. The molecule has 2 amide bonds. The molecular weight excluding hydrogens is 436 g/mol. The third kappa shape index (κ3) is 5.89. The topological polar surface area (TPSA) is 85.2 Å². The van der Waals surface area contributed by atoms with Crippen molar-refractivity contribution in [2.75, 3.05) is 25.6 Å². The van der Waals surface area contributed by atoms with Crippen LogP contribution in [0.5, 0.6) is 0 Å². The van der Waals surface area contributed by atoms with E-state index in [-0.39, 0.29) is 11.8 Å². The molecule has 3 aromatic rings. The van der Waals surface area contributed by atoms with Gasteiger partial charge in [-0.25, -0.2) is 4.68 Å². The van der Waals surface area contributed by atoms with Gasteiger partial charge in [-0.1, -0.05) is 18.2 Å². The first-order chi connectivity index (χ1) is 16.2. The number of nitrogens with one attached hydrogen (secondary N) is 2. The molecule has 2 aromatic heterocycles. The largest absolute Gasteiger partial charge is 0.385 e. The van der Waals surface area contributed by atoms with Gasteiger partial charge < -0.3 is 15.4 Å². The van der Waals surface area contributed by atoms with Crippen molar-refractivity contribution in [3.05, 3.63) is 64.3 Å². The molecule has 4 rings (SSSR count). The number of rotatable bonds is 10. The van der Waals surface area contributed by atoms with Crippen LogP contribution in [0, 0.1) is 0 Å². The number of nitrogens with zero attached hydrogens (tertiary/aromatic N) is 2. The molecule has 1 aliphatic rings. The van der Waals surface area contributed by atoms with Crippen LogP contribution in [-0.4, -0.2) is 41.9 Å². The molecule has 0 aliphatic heterocycles. The van der Waals surface area contributed by atoms with Crippen molar-refractivity contribution in [2.24, 2.45) is 0 Å². The van der Waals surface area contributed by atoms with Crippen molar-refractivity contribution in [2.45, 2.75) is 44.9 Å². The number of anilines is 1. The van der Waals surface area contributed by atoms with Crippen LogP contribution in [0.3, 0.4) is 0 Å². The summed E-state index contributed by atoms with van der Waals surface area (Å²) in [6, 6.07) is 9.88. The maximum atomic E-state index is 13.0. The lowest BCUT2D eigenvalue weighted by molar-refractivity contribution is -0.116. The first-order valence-corrected chi connectivity index (χ1v) is 12.3. The van der Waals surface area contributed by atoms with Gasteiger partial charge in [-0.05, 0) is 61.8 Å². The second kappa shape index (κ2) is 11.2. The molecule has 0 bridgehead atoms. The van der Waals surface area contributed by atoms with Crippen LogP contribution in [-0.2, 0) is 28.8 Å². The number of thiophene rings is 1. The summed E-state index contributed by atoms with van der Waals surface area (Å²) in [4.78, 5) is 26.9. The number of aromatic nitrogens is 2. The molecule has 0 spiro atoms. The summed E-state index contributed by atoms with van der Waals surface area (Å²) in [5, 5.41) is 11.1. The van der Waals surface area contributed by atoms with E-state index in [9.17, 15) is 9.59 Å². The lowest BCUT2D eigenvalue weighted by Crippen LogP contribution is -2.27. The number of aryl methyl sites for hydroxylation is 2. The molecule has 8 heteroatoms. The SMILES string of the molecule is COCCCNC(=O)c1c(NC(=O)CCc2cnn(-c3ccccc3)c2)sc2c1CCCC2. The molecule has 0 saturated heterocycles. The van der Waals surface area contributed by atoms with Gasteiger partial charge in [0.1, 0.15) is 5.00 Å². The normalized spacial score (nSPS) is 12.9. The van der Waals surface area contributed by atoms with E-state index in [0.717, 1.165) is 48.9 Å². The van der Waals surface area contributed by atoms with Gasteiger partial charge in [0.15, 0.2) is 0 Å². The second-order valence-corrected chi connectivity index (χ2v) is 9.30. The van der Waals surface area contributed by atoms with Crippen molar-refractivity contribution in [1.82, 2.24) is 15.1 Å². The van der Waals surface area contributed by atoms with Gasteiger partial charge >= 0.3 is 0 Å². The van der Waals surface area contributed by atoms with E-state index in [1.165, 1.54) is 4.88 Å². The third-order valence-electron chi connectivity index (χ3n) is 5.76. The molecule has 7 nitrogen and oxygen atoms in total. The minimum absolute atomic E-state index is 0.0884. The Labute approximate surface area is 198 Å². The summed E-state index contributed by atoms with van der Waals surface area (Å²) in [5.41, 5.74) is 3.74. The molecule has 2 heterocycles. The van der Waals surface area contributed by atoms with Crippen LogP contribution in [0.2, 0.25) is 0 Å². The van der Waals surface area contributed by atoms with Crippen LogP contribution in [0.25, 0.3) is 5.69 Å². The Morgan fingerprint density at radius 1 is 1.18 bits per heavy atom. The molecule has 0 radical (unpaired) electrons. The number of methoxy groups -OCH3 is 1. The summed E-state index contributed by atoms with van der Waals surface area (Å²) in [5.74, 6) is -0.195. The quantitative estimate of drug-likeness (QED) is 0.440. The molecule has 2 N–H and O–H groups in total. The van der Waals surface area contributed by atoms with E-state index in [1.54, 1.807) is 24.6 Å². The Balaban J connectivity index is 1.39. The maximum Gasteiger partial charge on any atom is 0.254 e. The number of carbonyl (C=O) groups is 2. The fourth-order valence-electron chi connectivity index (χ4n) is 4.06. The molecular formula is C25H30N4O3S. The van der Waals surface area contributed by atoms with Crippen LogP contribution in [0.4, 0.5) is 5.00 Å². The molecule has 0 fully saturated rings. The Kier molecular flexibility index (Phi) is 7.91. The first-order valence-electron chi connectivity index (χ1n) is 11.5. The standard InChI is InChI=1S/C25H30N4O3S/c1-32-15-7-14-26-24(31)23-20-10-5-6-11-21(20)33-25(23)28-22(30)13-12-18-16-27-29(17-18)19-8-3-2-4-9-19/h2-4,8-9,16-17H,5-7,10-15H2,1H3,(H,26,31)(H,28,30). The second-order valence-electron chi connectivity index (χ2n) is 8.19. The van der Waals surface area contributed by atoms with Gasteiger partial charge in [0.05, 0.1) is 17.4 Å². The van der Waals surface area contributed by atoms with Gasteiger partial charge in [-0.15, -0.1) is 11.3 Å². The number of hydrogen-bond acceptors (Lipinski definition) is 5. The van der Waals surface area contributed by atoms with Crippen LogP contribution >= 0.6 is 11.3 Å². The van der Waals surface area contributed by atoms with Crippen molar-refractivity contribution >= 4 is 28.2 Å². The summed E-state index contributed by atoms with van der Waals surface area (Å²) in [7, 11) is 1.65. The van der Waals surface area contributed by atoms with E-state index < -0.39 is 0 Å². The summed E-state index contributed by atoms with van der Waals surface area (Å²) in [6.07, 6.45) is 9.48. The number of carbonyl (C=O) groups excluding carboxylic acids is 2. The smallest absolute Gasteiger partial charge is 0.254 e. The fourth-order valence-corrected chi connectivity index (χ4v) is 5.36. The minimum atomic E-state index is -0.107. The van der Waals surface area contributed by atoms with E-state index >= 15 is 0 Å². The van der Waals surface area contributed by atoms with Crippen LogP contribution in [0.1, 0.15) is 52.0 Å². The van der Waals surface area contributed by atoms with Crippen molar-refractivity contribution in [3.63, 3.8) is 0 Å². The van der Waals surface area contributed by atoms with E-state index in [0.29, 0.717) is 36.6 Å². The number of benzene rings is 1. The Morgan fingerprint density at radius 2 is 2.00 bits per heavy atom. The molecule has 0 atom stereocenters. The van der Waals surface area contributed by atoms with Gasteiger partial charge in [-0.2, -0.15) is 5.10 Å². The fraction of sp³-hybridized carbons (Fsp3) is 0.400. The first kappa shape index (κ1) is 23.2. The molecule has 33 heavy (non-hydrogen) atoms. The number of hydrogen-bond donors (Lipinski definition) is 2. The van der Waals surface area contributed by atoms with Crippen LogP contribution in [0.15, 0.2) is 42.7 Å². The highest BCUT2D eigenvalue weighted by molar-refractivity contribution is 7.17. The summed E-state index contributed by atoms with van der Waals surface area (Å²) < 4.78 is 6.87. The van der Waals surface area contributed by atoms with Crippen molar-refractivity contribution in [3.8, 4) is 5.69 Å². The summed E-state index contributed by atoms with van der Waals surface area (Å²) >= 11 is 1.55. The lowest BCUT2D eigenvalue weighted by Gasteiger charge is -2.13. The zero-order valence-electron chi connectivity index (χ0n) is 18.9. The monoisotopic (exact) mass is 466 g/mol. The van der Waals surface area contributed by atoms with E-state index in [2.05, 4.69) is 15.7 Å². The minimum Gasteiger partial charge on any atom is -0.385 e. The van der Waals surface area contributed by atoms with E-state index in [1.807, 2.05) is 41.2 Å². The molecule has 174 valence electrons. The number of amides is 2. The summed E-state index contributed by atoms with van der Waals surface area (Å²) in [6.45, 7) is 1.16. The van der Waals surface area contributed by atoms with Crippen molar-refractivity contribution in [1.29, 1.82) is 0 Å². The zero-order chi connectivity index (χ0) is 23.0. The van der Waals surface area contributed by atoms with Gasteiger partial charge in [0.2, 0.25) is 5.91 Å². The Hall–Kier alpha value is -2.97. The number of ether oxygens (including phenoxy) is 1. The van der Waals surface area contributed by atoms with E-state index in [4.69, 9.17) is 4.74 Å². The van der Waals surface area contributed by atoms with Gasteiger partial charge in [0.25, 0.3) is 5.91 Å². The van der Waals surface area contributed by atoms with Gasteiger partial charge in [-0.3, -0.25) is 9.59 Å². The Bertz CT molecular complexity index is 1090. The maximum absolute atomic E-state index is 13.0. The third-order valence-corrected chi connectivity index (χ3v) is 6.97. The zero-order valence-corrected chi connectivity index (χ0v) is 19.7. The molecule has 0 saturated carbocycles. The average molecular weight is 467 g/mol. The van der Waals surface area contributed by atoms with Gasteiger partial charge in [0, 0.05) is 37.8 Å². The molecule has 0 unspecified atom stereocenters. The Morgan fingerprint density at radius 3 is 2.82 bits per heavy atom. The van der Waals surface area contributed by atoms with Crippen LogP contribution < -0.4 is 10.6 Å². The lowest BCUT2D eigenvalue weighted by atomic mass is 9.95. The average Bonchev–Trinajstić information content (AvgIpc) is 3.45. The van der Waals surface area contributed by atoms with Crippen molar-refractivity contribution < 1.29 is 14.3 Å². The predicted molar refractivity (Wildman–Crippen MR) is 130 cm³/mol.